The fourth-order valence-electron chi connectivity index (χ4n) is 1.73. The first-order valence-electron chi connectivity index (χ1n) is 4.59. The van der Waals surface area contributed by atoms with Gasteiger partial charge in [-0.15, -0.1) is 0 Å². The van der Waals surface area contributed by atoms with E-state index < -0.39 is 23.5 Å². The predicted molar refractivity (Wildman–Crippen MR) is 64.2 cm³/mol. The van der Waals surface area contributed by atoms with E-state index in [-0.39, 0.29) is 15.4 Å². The smallest absolute Gasteiger partial charge is 0.398 e. The number of rotatable bonds is 2. The van der Waals surface area contributed by atoms with Gasteiger partial charge in [0.25, 0.3) is 0 Å². The van der Waals surface area contributed by atoms with Gasteiger partial charge < -0.3 is 5.11 Å². The third-order valence-corrected chi connectivity index (χ3v) is 3.95. The molecule has 1 N–H and O–H groups in total. The maximum atomic E-state index is 13.1. The first-order chi connectivity index (χ1) is 7.63. The summed E-state index contributed by atoms with van der Waals surface area (Å²) in [5.41, 5.74) is -2.45. The van der Waals surface area contributed by atoms with Gasteiger partial charge in [0.05, 0.1) is 5.41 Å². The van der Waals surface area contributed by atoms with Gasteiger partial charge in [-0.1, -0.05) is 37.9 Å². The van der Waals surface area contributed by atoms with Crippen molar-refractivity contribution in [3.63, 3.8) is 0 Å². The van der Waals surface area contributed by atoms with Gasteiger partial charge in [0.1, 0.15) is 0 Å². The number of alkyl halides is 4. The molecule has 0 amide bonds. The van der Waals surface area contributed by atoms with Crippen LogP contribution in [0.3, 0.4) is 0 Å². The number of carboxylic acid groups (broad SMARTS) is 1. The zero-order valence-corrected chi connectivity index (χ0v) is 11.9. The Morgan fingerprint density at radius 3 is 2.47 bits per heavy atom. The van der Waals surface area contributed by atoms with Crippen LogP contribution < -0.4 is 0 Å². The molecule has 0 aromatic carbocycles. The maximum Gasteiger partial charge on any atom is 0.398 e. The summed E-state index contributed by atoms with van der Waals surface area (Å²) in [6.07, 6.45) is -2.30. The van der Waals surface area contributed by atoms with Crippen LogP contribution in [0.15, 0.2) is 22.2 Å². The molecule has 0 saturated heterocycles. The minimum atomic E-state index is -4.51. The summed E-state index contributed by atoms with van der Waals surface area (Å²) in [5.74, 6) is -2.49. The van der Waals surface area contributed by atoms with E-state index in [0.717, 1.165) is 13.0 Å². The highest BCUT2D eigenvalue weighted by molar-refractivity contribution is 9.11. The lowest BCUT2D eigenvalue weighted by molar-refractivity contribution is -0.211. The van der Waals surface area contributed by atoms with Crippen LogP contribution in [0, 0.1) is 11.3 Å². The third kappa shape index (κ3) is 2.59. The molecule has 0 spiro atoms. The Balaban J connectivity index is 3.36. The molecule has 2 nitrogen and oxygen atoms in total. The van der Waals surface area contributed by atoms with Crippen molar-refractivity contribution in [1.29, 1.82) is 0 Å². The largest absolute Gasteiger partial charge is 0.478 e. The van der Waals surface area contributed by atoms with Gasteiger partial charge in [0.15, 0.2) is 0 Å². The topological polar surface area (TPSA) is 37.3 Å². The molecule has 1 rings (SSSR count). The Kier molecular flexibility index (Phi) is 4.13. The van der Waals surface area contributed by atoms with Crippen molar-refractivity contribution in [3.8, 4) is 0 Å². The van der Waals surface area contributed by atoms with Crippen LogP contribution in [0.25, 0.3) is 0 Å². The van der Waals surface area contributed by atoms with Gasteiger partial charge in [-0.05, 0) is 13.0 Å². The standard InChI is InChI=1S/C10H9Br2F3O2/c1-9(10(13,14)15)3-5(12)2-6(8(16)17)7(9)4-11/h2-3,7H,4H2,1H3,(H,16,17). The van der Waals surface area contributed by atoms with Crippen molar-refractivity contribution in [2.75, 3.05) is 5.33 Å². The van der Waals surface area contributed by atoms with Crippen LogP contribution in [-0.2, 0) is 4.79 Å². The molecular formula is C10H9Br2F3O2. The van der Waals surface area contributed by atoms with E-state index >= 15 is 0 Å². The third-order valence-electron chi connectivity index (χ3n) is 2.84. The molecule has 0 saturated carbocycles. The molecule has 0 heterocycles. The zero-order valence-electron chi connectivity index (χ0n) is 8.68. The molecular weight excluding hydrogens is 369 g/mol. The second-order valence-electron chi connectivity index (χ2n) is 3.92. The van der Waals surface area contributed by atoms with Gasteiger partial charge in [-0.2, -0.15) is 13.2 Å². The normalized spacial score (nSPS) is 29.6. The van der Waals surface area contributed by atoms with Crippen LogP contribution in [0.4, 0.5) is 13.2 Å². The predicted octanol–water partition coefficient (Wildman–Crippen LogP) is 3.87. The minimum Gasteiger partial charge on any atom is -0.478 e. The average molecular weight is 378 g/mol. The van der Waals surface area contributed by atoms with Crippen molar-refractivity contribution in [2.45, 2.75) is 13.1 Å². The van der Waals surface area contributed by atoms with Crippen molar-refractivity contribution >= 4 is 37.8 Å². The second-order valence-corrected chi connectivity index (χ2v) is 5.48. The average Bonchev–Trinajstić information content (AvgIpc) is 2.14. The van der Waals surface area contributed by atoms with Gasteiger partial charge in [-0.25, -0.2) is 4.79 Å². The van der Waals surface area contributed by atoms with Gasteiger partial charge >= 0.3 is 12.1 Å². The monoisotopic (exact) mass is 376 g/mol. The van der Waals surface area contributed by atoms with Gasteiger partial charge in [-0.3, -0.25) is 0 Å². The van der Waals surface area contributed by atoms with Gasteiger partial charge in [0.2, 0.25) is 0 Å². The van der Waals surface area contributed by atoms with E-state index in [1.165, 1.54) is 6.08 Å². The number of allylic oxidation sites excluding steroid dienone is 3. The van der Waals surface area contributed by atoms with Crippen molar-refractivity contribution in [1.82, 2.24) is 0 Å². The lowest BCUT2D eigenvalue weighted by atomic mass is 9.71. The molecule has 0 aliphatic heterocycles. The number of carbonyl (C=O) groups is 1. The molecule has 0 fully saturated rings. The van der Waals surface area contributed by atoms with E-state index in [0.29, 0.717) is 0 Å². The van der Waals surface area contributed by atoms with Crippen LogP contribution >= 0.6 is 31.9 Å². The van der Waals surface area contributed by atoms with Crippen molar-refractivity contribution < 1.29 is 23.1 Å². The first-order valence-corrected chi connectivity index (χ1v) is 6.51. The second kappa shape index (κ2) is 4.76. The van der Waals surface area contributed by atoms with E-state index in [2.05, 4.69) is 31.9 Å². The van der Waals surface area contributed by atoms with E-state index in [1.807, 2.05) is 0 Å². The Morgan fingerprint density at radius 2 is 2.12 bits per heavy atom. The van der Waals surface area contributed by atoms with E-state index in [4.69, 9.17) is 5.11 Å². The molecule has 17 heavy (non-hydrogen) atoms. The number of aliphatic carboxylic acids is 1. The lowest BCUT2D eigenvalue weighted by Gasteiger charge is -2.38. The van der Waals surface area contributed by atoms with E-state index in [1.54, 1.807) is 0 Å². The number of halogens is 5. The van der Waals surface area contributed by atoms with Crippen LogP contribution in [0.1, 0.15) is 6.92 Å². The maximum absolute atomic E-state index is 13.1. The molecule has 0 aromatic rings. The summed E-state index contributed by atoms with van der Waals surface area (Å²) in [6, 6.07) is 0. The number of hydrogen-bond acceptors (Lipinski definition) is 1. The molecule has 0 aromatic heterocycles. The van der Waals surface area contributed by atoms with E-state index in [9.17, 15) is 18.0 Å². The molecule has 96 valence electrons. The Morgan fingerprint density at radius 1 is 1.59 bits per heavy atom. The Bertz CT molecular complexity index is 401. The highest BCUT2D eigenvalue weighted by atomic mass is 79.9. The highest BCUT2D eigenvalue weighted by Gasteiger charge is 2.57. The van der Waals surface area contributed by atoms with Crippen LogP contribution in [-0.4, -0.2) is 22.6 Å². The number of hydrogen-bond donors (Lipinski definition) is 1. The molecule has 0 bridgehead atoms. The fraction of sp³-hybridized carbons (Fsp3) is 0.500. The van der Waals surface area contributed by atoms with Crippen molar-refractivity contribution in [3.05, 3.63) is 22.2 Å². The summed E-state index contributed by atoms with van der Waals surface area (Å²) in [6.45, 7) is 0.996. The first kappa shape index (κ1) is 14.8. The highest BCUT2D eigenvalue weighted by Crippen LogP contribution is 2.51. The fourth-order valence-corrected chi connectivity index (χ4v) is 3.48. The SMILES string of the molecule is CC1(C(F)(F)F)C=C(Br)C=C(C(=O)O)C1CBr. The summed E-state index contributed by atoms with van der Waals surface area (Å²) in [7, 11) is 0. The molecule has 1 aliphatic carbocycles. The lowest BCUT2D eigenvalue weighted by Crippen LogP contribution is -2.44. The quantitative estimate of drug-likeness (QED) is 0.741. The molecule has 7 heteroatoms. The minimum absolute atomic E-state index is 0.0715. The van der Waals surface area contributed by atoms with Crippen LogP contribution in [0.2, 0.25) is 0 Å². The van der Waals surface area contributed by atoms with Crippen molar-refractivity contribution in [2.24, 2.45) is 11.3 Å². The molecule has 2 atom stereocenters. The Hall–Kier alpha value is -0.300. The van der Waals surface area contributed by atoms with Gasteiger partial charge in [0, 0.05) is 21.3 Å². The summed E-state index contributed by atoms with van der Waals surface area (Å²) in [5, 5.41) is 8.88. The van der Waals surface area contributed by atoms with Crippen LogP contribution in [0.5, 0.6) is 0 Å². The molecule has 1 aliphatic rings. The molecule has 0 radical (unpaired) electrons. The zero-order chi connectivity index (χ0) is 13.4. The summed E-state index contributed by atoms with van der Waals surface area (Å²) < 4.78 is 39.3. The molecule has 2 unspecified atom stereocenters. The Labute approximate surface area is 113 Å². The summed E-state index contributed by atoms with van der Waals surface area (Å²) in [4.78, 5) is 11.0. The number of carboxylic acids is 1. The summed E-state index contributed by atoms with van der Waals surface area (Å²) >= 11 is 5.89.